The van der Waals surface area contributed by atoms with Gasteiger partial charge in [0.25, 0.3) is 0 Å². The van der Waals surface area contributed by atoms with Crippen molar-refractivity contribution in [3.8, 4) is 23.0 Å². The summed E-state index contributed by atoms with van der Waals surface area (Å²) in [6, 6.07) is 20.2. The number of methoxy groups -OCH3 is 2. The van der Waals surface area contributed by atoms with Gasteiger partial charge in [-0.1, -0.05) is 18.2 Å². The van der Waals surface area contributed by atoms with Crippen molar-refractivity contribution in [1.29, 1.82) is 0 Å². The van der Waals surface area contributed by atoms with Crippen LogP contribution < -0.4 is 20.9 Å². The highest BCUT2D eigenvalue weighted by Gasteiger charge is 2.10. The first-order chi connectivity index (χ1) is 22.6. The maximum absolute atomic E-state index is 12.2. The van der Waals surface area contributed by atoms with Gasteiger partial charge < -0.3 is 31.2 Å². The maximum atomic E-state index is 12.2. The van der Waals surface area contributed by atoms with E-state index >= 15 is 0 Å². The van der Waals surface area contributed by atoms with Crippen molar-refractivity contribution in [3.05, 3.63) is 143 Å². The van der Waals surface area contributed by atoms with Gasteiger partial charge in [-0.25, -0.2) is 0 Å². The van der Waals surface area contributed by atoms with Crippen LogP contribution in [0.5, 0.6) is 23.0 Å². The van der Waals surface area contributed by atoms with Crippen LogP contribution in [-0.2, 0) is 12.8 Å². The molecule has 47 heavy (non-hydrogen) atoms. The minimum Gasteiger partial charge on any atom is -0.508 e. The number of ether oxygens (including phenoxy) is 2. The number of ketones is 2. The molecule has 4 aromatic rings. The molecule has 6 N–H and O–H groups in total. The predicted octanol–water partition coefficient (Wildman–Crippen LogP) is 7.61. The summed E-state index contributed by atoms with van der Waals surface area (Å²) < 4.78 is 10.5. The molecule has 4 rings (SSSR count). The lowest BCUT2D eigenvalue weighted by Crippen LogP contribution is -1.96. The lowest BCUT2D eigenvalue weighted by Gasteiger charge is -2.09. The van der Waals surface area contributed by atoms with Crippen LogP contribution in [0.25, 0.3) is 12.2 Å². The van der Waals surface area contributed by atoms with Gasteiger partial charge in [0.2, 0.25) is 0 Å². The van der Waals surface area contributed by atoms with Gasteiger partial charge in [0.1, 0.15) is 23.0 Å². The zero-order chi connectivity index (χ0) is 34.3. The number of nitrogens with two attached hydrogens (primary N) is 2. The molecule has 0 saturated carbocycles. The topological polar surface area (TPSA) is 145 Å². The van der Waals surface area contributed by atoms with Crippen LogP contribution >= 0.6 is 0 Å². The molecular formula is C39H40N2O6. The molecule has 0 amide bonds. The number of phenols is 2. The summed E-state index contributed by atoms with van der Waals surface area (Å²) in [5.74, 6) is 1.07. The Morgan fingerprint density at radius 3 is 1.47 bits per heavy atom. The molecule has 0 fully saturated rings. The van der Waals surface area contributed by atoms with E-state index in [1.807, 2.05) is 25.1 Å². The molecule has 4 aromatic carbocycles. The molecule has 0 atom stereocenters. The van der Waals surface area contributed by atoms with Crippen molar-refractivity contribution < 1.29 is 29.3 Å². The van der Waals surface area contributed by atoms with Gasteiger partial charge in [-0.2, -0.15) is 0 Å². The Balaban J connectivity index is 0.000000256. The number of nitrogen functional groups attached to an aromatic ring is 2. The van der Waals surface area contributed by atoms with Crippen LogP contribution in [-0.4, -0.2) is 36.0 Å². The van der Waals surface area contributed by atoms with Gasteiger partial charge >= 0.3 is 0 Å². The van der Waals surface area contributed by atoms with E-state index < -0.39 is 0 Å². The summed E-state index contributed by atoms with van der Waals surface area (Å²) in [7, 11) is 3.04. The Kier molecular flexibility index (Phi) is 13.2. The standard InChI is InChI=1S/C20H21NO3.C19H19NO3/c1-3-4-5-15-12-16(20(24-2)13-19(15)23)8-11-18(22)14-6-9-17(21)10-7-14;1-3-4-14-11-15(19(23-2)12-18(14)22)7-10-17(21)13-5-8-16(20)9-6-13/h3-4,6-13,23H,5,21H2,1-2H3;3,5-12,22H,1,4,20H2,2H3/b4-3+,11-8+;10-7+. The third-order valence-corrected chi connectivity index (χ3v) is 7.02. The van der Waals surface area contributed by atoms with Crippen molar-refractivity contribution >= 4 is 35.1 Å². The first kappa shape index (κ1) is 35.5. The third kappa shape index (κ3) is 10.3. The molecule has 242 valence electrons. The Hall–Kier alpha value is -6.02. The highest BCUT2D eigenvalue weighted by molar-refractivity contribution is 6.07. The lowest BCUT2D eigenvalue weighted by molar-refractivity contribution is 0.103. The van der Waals surface area contributed by atoms with Crippen molar-refractivity contribution in [2.75, 3.05) is 25.7 Å². The summed E-state index contributed by atoms with van der Waals surface area (Å²) >= 11 is 0. The molecule has 8 heteroatoms. The van der Waals surface area contributed by atoms with Crippen LogP contribution in [0.3, 0.4) is 0 Å². The molecule has 0 saturated heterocycles. The molecule has 0 aliphatic rings. The summed E-state index contributed by atoms with van der Waals surface area (Å²) in [4.78, 5) is 24.4. The predicted molar refractivity (Wildman–Crippen MR) is 190 cm³/mol. The van der Waals surface area contributed by atoms with E-state index in [0.29, 0.717) is 52.4 Å². The van der Waals surface area contributed by atoms with Gasteiger partial charge in [-0.05, 0) is 116 Å². The normalized spacial score (nSPS) is 11.0. The van der Waals surface area contributed by atoms with E-state index in [9.17, 15) is 19.8 Å². The van der Waals surface area contributed by atoms with E-state index in [0.717, 1.165) is 16.7 Å². The highest BCUT2D eigenvalue weighted by atomic mass is 16.5. The quantitative estimate of drug-likeness (QED) is 0.0541. The van der Waals surface area contributed by atoms with Crippen LogP contribution in [0.2, 0.25) is 0 Å². The highest BCUT2D eigenvalue weighted by Crippen LogP contribution is 2.31. The average molecular weight is 633 g/mol. The van der Waals surface area contributed by atoms with E-state index in [2.05, 4.69) is 6.58 Å². The van der Waals surface area contributed by atoms with E-state index in [1.165, 1.54) is 32.4 Å². The van der Waals surface area contributed by atoms with Crippen LogP contribution in [0.1, 0.15) is 49.9 Å². The number of carbonyl (C=O) groups is 2. The minimum absolute atomic E-state index is 0.125. The first-order valence-electron chi connectivity index (χ1n) is 14.8. The summed E-state index contributed by atoms with van der Waals surface area (Å²) in [5, 5.41) is 20.0. The number of rotatable bonds is 12. The number of hydrogen-bond acceptors (Lipinski definition) is 8. The van der Waals surface area contributed by atoms with Crippen molar-refractivity contribution in [1.82, 2.24) is 0 Å². The fourth-order valence-electron chi connectivity index (χ4n) is 4.43. The van der Waals surface area contributed by atoms with Gasteiger partial charge in [0.05, 0.1) is 14.2 Å². The fourth-order valence-corrected chi connectivity index (χ4v) is 4.43. The molecule has 0 spiro atoms. The number of benzene rings is 4. The summed E-state index contributed by atoms with van der Waals surface area (Å²) in [6.07, 6.45) is 13.0. The molecule has 0 heterocycles. The second-order valence-electron chi connectivity index (χ2n) is 10.4. The van der Waals surface area contributed by atoms with Crippen LogP contribution in [0.15, 0.2) is 110 Å². The van der Waals surface area contributed by atoms with Crippen LogP contribution in [0.4, 0.5) is 11.4 Å². The number of carbonyl (C=O) groups excluding carboxylic acids is 2. The van der Waals surface area contributed by atoms with Crippen molar-refractivity contribution in [2.24, 2.45) is 0 Å². The zero-order valence-electron chi connectivity index (χ0n) is 26.8. The molecule has 8 nitrogen and oxygen atoms in total. The Morgan fingerprint density at radius 2 is 1.11 bits per heavy atom. The first-order valence-corrected chi connectivity index (χ1v) is 14.8. The van der Waals surface area contributed by atoms with E-state index in [1.54, 1.807) is 78.9 Å². The number of aromatic hydroxyl groups is 2. The monoisotopic (exact) mass is 632 g/mol. The minimum atomic E-state index is -0.134. The van der Waals surface area contributed by atoms with Crippen LogP contribution in [0, 0.1) is 0 Å². The Morgan fingerprint density at radius 1 is 0.702 bits per heavy atom. The number of hydrogen-bond donors (Lipinski definition) is 4. The second kappa shape index (κ2) is 17.5. The SMILES string of the molecule is C/C=C/Cc1cc(/C=C/C(=O)c2ccc(N)cc2)c(OC)cc1O.C=CCc1cc(/C=C/C(=O)c2ccc(N)cc2)c(OC)cc1O. The van der Waals surface area contributed by atoms with E-state index in [-0.39, 0.29) is 23.1 Å². The van der Waals surface area contributed by atoms with E-state index in [4.69, 9.17) is 20.9 Å². The second-order valence-corrected chi connectivity index (χ2v) is 10.4. The largest absolute Gasteiger partial charge is 0.508 e. The number of anilines is 2. The fraction of sp³-hybridized carbons (Fsp3) is 0.128. The molecular weight excluding hydrogens is 592 g/mol. The third-order valence-electron chi connectivity index (χ3n) is 7.02. The van der Waals surface area contributed by atoms with Gasteiger partial charge in [-0.3, -0.25) is 9.59 Å². The lowest BCUT2D eigenvalue weighted by atomic mass is 10.0. The molecule has 0 aliphatic carbocycles. The Bertz CT molecular complexity index is 1790. The molecule has 0 aliphatic heterocycles. The number of allylic oxidation sites excluding steroid dienone is 5. The zero-order valence-corrected chi connectivity index (χ0v) is 26.8. The smallest absolute Gasteiger partial charge is 0.185 e. The van der Waals surface area contributed by atoms with Gasteiger partial charge in [0.15, 0.2) is 11.6 Å². The Labute approximate surface area is 275 Å². The van der Waals surface area contributed by atoms with Crippen molar-refractivity contribution in [3.63, 3.8) is 0 Å². The summed E-state index contributed by atoms with van der Waals surface area (Å²) in [5.41, 5.74) is 16.5. The van der Waals surface area contributed by atoms with Gasteiger partial charge in [-0.15, -0.1) is 6.58 Å². The average Bonchev–Trinajstić information content (AvgIpc) is 3.07. The molecule has 0 aromatic heterocycles. The van der Waals surface area contributed by atoms with Gasteiger partial charge in [0, 0.05) is 45.8 Å². The molecule has 0 bridgehead atoms. The van der Waals surface area contributed by atoms with Crippen molar-refractivity contribution in [2.45, 2.75) is 19.8 Å². The summed E-state index contributed by atoms with van der Waals surface area (Å²) in [6.45, 7) is 5.59. The number of phenolic OH excluding ortho intramolecular Hbond substituents is 2. The maximum Gasteiger partial charge on any atom is 0.185 e. The molecule has 0 unspecified atom stereocenters. The molecule has 0 radical (unpaired) electrons.